The number of hydrogen-bond acceptors (Lipinski definition) is 6. The standard InChI is InChI=1S/C19H18N2O3S/c1-11-16(8-9-23-11)18-20-21-19(24-18)25-12(2)17(22)15-7-6-13-4-3-5-14(13)10-15/h6-10,12H,3-5H2,1-2H3/t12-/m0/s1. The summed E-state index contributed by atoms with van der Waals surface area (Å²) in [6, 6.07) is 7.84. The van der Waals surface area contributed by atoms with Crippen molar-refractivity contribution in [3.63, 3.8) is 0 Å². The lowest BCUT2D eigenvalue weighted by Gasteiger charge is -2.09. The van der Waals surface area contributed by atoms with Crippen LogP contribution in [0.25, 0.3) is 11.5 Å². The molecule has 4 rings (SSSR count). The monoisotopic (exact) mass is 354 g/mol. The molecule has 1 atom stereocenters. The molecule has 3 aromatic rings. The highest BCUT2D eigenvalue weighted by molar-refractivity contribution is 8.00. The van der Waals surface area contributed by atoms with Gasteiger partial charge >= 0.3 is 0 Å². The third-order valence-corrected chi connectivity index (χ3v) is 5.46. The molecule has 0 saturated carbocycles. The van der Waals surface area contributed by atoms with Crippen molar-refractivity contribution in [2.24, 2.45) is 0 Å². The third kappa shape index (κ3) is 3.14. The first kappa shape index (κ1) is 16.1. The van der Waals surface area contributed by atoms with E-state index in [-0.39, 0.29) is 11.0 Å². The summed E-state index contributed by atoms with van der Waals surface area (Å²) in [4.78, 5) is 12.7. The number of carbonyl (C=O) groups excluding carboxylic acids is 1. The lowest BCUT2D eigenvalue weighted by molar-refractivity contribution is 0.0993. The highest BCUT2D eigenvalue weighted by Gasteiger charge is 2.22. The SMILES string of the molecule is Cc1occc1-c1nnc(S[C@@H](C)C(=O)c2ccc3c(c2)CCC3)o1. The summed E-state index contributed by atoms with van der Waals surface area (Å²) in [5.74, 6) is 1.22. The normalized spacial score (nSPS) is 14.5. The van der Waals surface area contributed by atoms with Crippen LogP contribution in [0, 0.1) is 6.92 Å². The number of ketones is 1. The van der Waals surface area contributed by atoms with Crippen molar-refractivity contribution in [2.75, 3.05) is 0 Å². The van der Waals surface area contributed by atoms with Crippen molar-refractivity contribution in [1.29, 1.82) is 0 Å². The van der Waals surface area contributed by atoms with E-state index in [4.69, 9.17) is 8.83 Å². The average molecular weight is 354 g/mol. The molecule has 25 heavy (non-hydrogen) atoms. The largest absolute Gasteiger partial charge is 0.469 e. The van der Waals surface area contributed by atoms with Gasteiger partial charge in [-0.3, -0.25) is 4.79 Å². The first-order chi connectivity index (χ1) is 12.1. The molecule has 2 heterocycles. The maximum Gasteiger partial charge on any atom is 0.277 e. The van der Waals surface area contributed by atoms with Gasteiger partial charge in [0.15, 0.2) is 5.78 Å². The minimum atomic E-state index is -0.293. The number of Topliss-reactive ketones (excluding diaryl/α,β-unsaturated/α-hetero) is 1. The Bertz CT molecular complexity index is 928. The van der Waals surface area contributed by atoms with Crippen LogP contribution < -0.4 is 0 Å². The van der Waals surface area contributed by atoms with E-state index >= 15 is 0 Å². The van der Waals surface area contributed by atoms with Crippen molar-refractivity contribution in [1.82, 2.24) is 10.2 Å². The van der Waals surface area contributed by atoms with Crippen molar-refractivity contribution in [3.05, 3.63) is 53.0 Å². The van der Waals surface area contributed by atoms with E-state index in [1.165, 1.54) is 29.3 Å². The van der Waals surface area contributed by atoms with E-state index in [1.54, 1.807) is 12.3 Å². The van der Waals surface area contributed by atoms with E-state index in [0.717, 1.165) is 29.7 Å². The van der Waals surface area contributed by atoms with Crippen LogP contribution in [0.3, 0.4) is 0 Å². The van der Waals surface area contributed by atoms with E-state index in [9.17, 15) is 4.79 Å². The van der Waals surface area contributed by atoms with Crippen LogP contribution in [0.5, 0.6) is 0 Å². The van der Waals surface area contributed by atoms with Crippen LogP contribution in [0.15, 0.2) is 44.6 Å². The van der Waals surface area contributed by atoms with Gasteiger partial charge in [0, 0.05) is 5.56 Å². The fraction of sp³-hybridized carbons (Fsp3) is 0.316. The van der Waals surface area contributed by atoms with Gasteiger partial charge in [-0.05, 0) is 56.4 Å². The van der Waals surface area contributed by atoms with Gasteiger partial charge in [-0.25, -0.2) is 0 Å². The Morgan fingerprint density at radius 1 is 1.20 bits per heavy atom. The lowest BCUT2D eigenvalue weighted by Crippen LogP contribution is -2.13. The predicted octanol–water partition coefficient (Wildman–Crippen LogP) is 4.49. The molecule has 5 nitrogen and oxygen atoms in total. The zero-order chi connectivity index (χ0) is 17.4. The highest BCUT2D eigenvalue weighted by Crippen LogP contribution is 2.30. The number of carbonyl (C=O) groups is 1. The Labute approximate surface area is 149 Å². The summed E-state index contributed by atoms with van der Waals surface area (Å²) in [7, 11) is 0. The second kappa shape index (κ2) is 6.52. The summed E-state index contributed by atoms with van der Waals surface area (Å²) < 4.78 is 10.9. The molecule has 0 N–H and O–H groups in total. The van der Waals surface area contributed by atoms with E-state index in [1.807, 2.05) is 26.0 Å². The molecule has 0 saturated heterocycles. The fourth-order valence-corrected chi connectivity index (χ4v) is 3.90. The van der Waals surface area contributed by atoms with Gasteiger partial charge in [0.2, 0.25) is 0 Å². The summed E-state index contributed by atoms with van der Waals surface area (Å²) in [5, 5.41) is 8.18. The second-order valence-electron chi connectivity index (χ2n) is 6.22. The number of aromatic nitrogens is 2. The van der Waals surface area contributed by atoms with Crippen molar-refractivity contribution >= 4 is 17.5 Å². The number of nitrogens with zero attached hydrogens (tertiary/aromatic N) is 2. The summed E-state index contributed by atoms with van der Waals surface area (Å²) in [5.41, 5.74) is 4.20. The molecule has 0 radical (unpaired) electrons. The van der Waals surface area contributed by atoms with Crippen LogP contribution in [0.2, 0.25) is 0 Å². The summed E-state index contributed by atoms with van der Waals surface area (Å²) >= 11 is 1.28. The van der Waals surface area contributed by atoms with Gasteiger partial charge in [-0.15, -0.1) is 10.2 Å². The van der Waals surface area contributed by atoms with E-state index < -0.39 is 0 Å². The maximum atomic E-state index is 12.7. The number of rotatable bonds is 5. The number of thioether (sulfide) groups is 1. The zero-order valence-corrected chi connectivity index (χ0v) is 14.9. The van der Waals surface area contributed by atoms with Gasteiger partial charge in [0.1, 0.15) is 5.76 Å². The third-order valence-electron chi connectivity index (χ3n) is 4.53. The van der Waals surface area contributed by atoms with Crippen LogP contribution in [0.1, 0.15) is 40.6 Å². The Balaban J connectivity index is 1.48. The lowest BCUT2D eigenvalue weighted by atomic mass is 10.0. The number of benzene rings is 1. The summed E-state index contributed by atoms with van der Waals surface area (Å²) in [6.45, 7) is 3.71. The van der Waals surface area contributed by atoms with Crippen LogP contribution in [0.4, 0.5) is 0 Å². The molecular formula is C19H18N2O3S. The van der Waals surface area contributed by atoms with E-state index in [2.05, 4.69) is 16.3 Å². The van der Waals surface area contributed by atoms with E-state index in [0.29, 0.717) is 11.1 Å². The Morgan fingerprint density at radius 2 is 2.04 bits per heavy atom. The Hall–Kier alpha value is -2.34. The molecule has 0 fully saturated rings. The fourth-order valence-electron chi connectivity index (χ4n) is 3.14. The molecule has 0 bridgehead atoms. The molecule has 0 spiro atoms. The number of hydrogen-bond donors (Lipinski definition) is 0. The van der Waals surface area contributed by atoms with Crippen LogP contribution >= 0.6 is 11.8 Å². The first-order valence-corrected chi connectivity index (χ1v) is 9.20. The van der Waals surface area contributed by atoms with Gasteiger partial charge in [-0.1, -0.05) is 23.9 Å². The van der Waals surface area contributed by atoms with Gasteiger partial charge < -0.3 is 8.83 Å². The maximum absolute atomic E-state index is 12.7. The molecule has 1 aliphatic carbocycles. The minimum absolute atomic E-state index is 0.0824. The Kier molecular flexibility index (Phi) is 4.21. The van der Waals surface area contributed by atoms with Crippen LogP contribution in [-0.2, 0) is 12.8 Å². The molecule has 0 amide bonds. The topological polar surface area (TPSA) is 69.1 Å². The zero-order valence-electron chi connectivity index (χ0n) is 14.1. The smallest absolute Gasteiger partial charge is 0.277 e. The molecule has 0 aliphatic heterocycles. The predicted molar refractivity (Wildman–Crippen MR) is 94.9 cm³/mol. The van der Waals surface area contributed by atoms with Gasteiger partial charge in [0.05, 0.1) is 17.1 Å². The summed E-state index contributed by atoms with van der Waals surface area (Å²) in [6.07, 6.45) is 4.94. The van der Waals surface area contributed by atoms with Gasteiger partial charge in [-0.2, -0.15) is 0 Å². The van der Waals surface area contributed by atoms with Gasteiger partial charge in [0.25, 0.3) is 11.1 Å². The number of fused-ring (bicyclic) bond motifs is 1. The second-order valence-corrected chi connectivity index (χ2v) is 7.52. The first-order valence-electron chi connectivity index (χ1n) is 8.32. The van der Waals surface area contributed by atoms with Crippen molar-refractivity contribution < 1.29 is 13.6 Å². The Morgan fingerprint density at radius 3 is 2.84 bits per heavy atom. The molecule has 2 aromatic heterocycles. The van der Waals surface area contributed by atoms with Crippen LogP contribution in [-0.4, -0.2) is 21.2 Å². The van der Waals surface area contributed by atoms with Crippen molar-refractivity contribution in [2.45, 2.75) is 43.6 Å². The number of aryl methyl sites for hydroxylation is 3. The molecule has 128 valence electrons. The molecule has 1 aromatic carbocycles. The average Bonchev–Trinajstić information content (AvgIpc) is 3.33. The molecular weight excluding hydrogens is 336 g/mol. The molecule has 1 aliphatic rings. The number of furan rings is 1. The minimum Gasteiger partial charge on any atom is -0.469 e. The highest BCUT2D eigenvalue weighted by atomic mass is 32.2. The molecule has 0 unspecified atom stereocenters. The molecule has 6 heteroatoms. The quantitative estimate of drug-likeness (QED) is 0.497. The van der Waals surface area contributed by atoms with Crippen molar-refractivity contribution in [3.8, 4) is 11.5 Å².